The number of ether oxygens (including phenoxy) is 1. The number of carbonyl (C=O) groups excluding carboxylic acids is 1. The van der Waals surface area contributed by atoms with Crippen molar-refractivity contribution in [2.45, 2.75) is 97.4 Å². The van der Waals surface area contributed by atoms with Crippen molar-refractivity contribution in [3.8, 4) is 0 Å². The summed E-state index contributed by atoms with van der Waals surface area (Å²) >= 11 is 0. The fourth-order valence-electron chi connectivity index (χ4n) is 3.20. The number of rotatable bonds is 6. The first-order valence-electron chi connectivity index (χ1n) is 10.7. The third kappa shape index (κ3) is 8.33. The van der Waals surface area contributed by atoms with Crippen LogP contribution in [-0.2, 0) is 11.3 Å². The van der Waals surface area contributed by atoms with Gasteiger partial charge in [0.25, 0.3) is 0 Å². The van der Waals surface area contributed by atoms with Gasteiger partial charge in [0.15, 0.2) is 11.7 Å². The molecule has 0 aromatic carbocycles. The fourth-order valence-corrected chi connectivity index (χ4v) is 3.20. The average Bonchev–Trinajstić information content (AvgIpc) is 3.09. The summed E-state index contributed by atoms with van der Waals surface area (Å²) in [7, 11) is 0. The molecule has 0 unspecified atom stereocenters. The van der Waals surface area contributed by atoms with Crippen LogP contribution >= 0.6 is 0 Å². The molecule has 1 fully saturated rings. The molecule has 0 radical (unpaired) electrons. The van der Waals surface area contributed by atoms with Gasteiger partial charge in [-0.15, -0.1) is 0 Å². The van der Waals surface area contributed by atoms with E-state index >= 15 is 0 Å². The maximum Gasteiger partial charge on any atom is 0.407 e. The van der Waals surface area contributed by atoms with E-state index in [1.165, 1.54) is 0 Å². The first kappa shape index (κ1) is 23.0. The molecule has 0 saturated heterocycles. The number of carbonyl (C=O) groups is 1. The number of alkyl carbamates (subject to hydrolysis) is 1. The Bertz CT molecular complexity index is 670. The number of nitrogens with zero attached hydrogens (tertiary/aromatic N) is 2. The monoisotopic (exact) mass is 407 g/mol. The van der Waals surface area contributed by atoms with Crippen molar-refractivity contribution in [3.63, 3.8) is 0 Å². The summed E-state index contributed by atoms with van der Waals surface area (Å²) in [5.74, 6) is 1.88. The Hall–Kier alpha value is -2.25. The second-order valence-corrected chi connectivity index (χ2v) is 8.91. The molecule has 0 atom stereocenters. The summed E-state index contributed by atoms with van der Waals surface area (Å²) in [6.45, 7) is 13.1. The summed E-state index contributed by atoms with van der Waals surface area (Å²) < 4.78 is 10.7. The van der Waals surface area contributed by atoms with E-state index in [-0.39, 0.29) is 12.1 Å². The topological polar surface area (TPSA) is 101 Å². The second kappa shape index (κ2) is 10.5. The van der Waals surface area contributed by atoms with Gasteiger partial charge in [0.1, 0.15) is 12.1 Å². The van der Waals surface area contributed by atoms with Gasteiger partial charge in [0.2, 0.25) is 0 Å². The lowest BCUT2D eigenvalue weighted by atomic mass is 9.91. The number of nitrogens with one attached hydrogen (secondary N) is 3. The molecule has 0 bridgehead atoms. The van der Waals surface area contributed by atoms with Gasteiger partial charge in [0.05, 0.1) is 5.69 Å². The van der Waals surface area contributed by atoms with Gasteiger partial charge >= 0.3 is 6.09 Å². The zero-order chi connectivity index (χ0) is 21.4. The smallest absolute Gasteiger partial charge is 0.407 e. The number of aliphatic imine (C=N–C) groups is 1. The average molecular weight is 408 g/mol. The highest BCUT2D eigenvalue weighted by Gasteiger charge is 2.25. The van der Waals surface area contributed by atoms with Crippen LogP contribution in [0.25, 0.3) is 0 Å². The molecule has 8 nitrogen and oxygen atoms in total. The molecule has 1 aromatic rings. The van der Waals surface area contributed by atoms with Crippen LogP contribution in [0.3, 0.4) is 0 Å². The minimum absolute atomic E-state index is 0.158. The maximum atomic E-state index is 11.9. The molecule has 1 amide bonds. The second-order valence-electron chi connectivity index (χ2n) is 8.91. The molecule has 1 heterocycles. The van der Waals surface area contributed by atoms with Crippen molar-refractivity contribution in [3.05, 3.63) is 17.5 Å². The number of guanidine groups is 1. The van der Waals surface area contributed by atoms with Crippen LogP contribution in [0.1, 0.15) is 84.6 Å². The molecule has 3 N–H and O–H groups in total. The van der Waals surface area contributed by atoms with Crippen molar-refractivity contribution in [1.82, 2.24) is 21.1 Å². The van der Waals surface area contributed by atoms with Crippen molar-refractivity contribution < 1.29 is 14.1 Å². The van der Waals surface area contributed by atoms with E-state index in [9.17, 15) is 4.79 Å². The van der Waals surface area contributed by atoms with Crippen LogP contribution < -0.4 is 16.0 Å². The zero-order valence-electron chi connectivity index (χ0n) is 18.7. The van der Waals surface area contributed by atoms with Gasteiger partial charge in [-0.25, -0.2) is 9.79 Å². The van der Waals surface area contributed by atoms with Gasteiger partial charge < -0.3 is 25.2 Å². The third-order valence-electron chi connectivity index (χ3n) is 4.69. The van der Waals surface area contributed by atoms with E-state index < -0.39 is 5.60 Å². The van der Waals surface area contributed by atoms with E-state index in [1.807, 2.05) is 33.8 Å². The Kier molecular flexibility index (Phi) is 8.34. The number of hydrogen-bond acceptors (Lipinski definition) is 5. The zero-order valence-corrected chi connectivity index (χ0v) is 18.7. The fraction of sp³-hybridized carbons (Fsp3) is 0.762. The highest BCUT2D eigenvalue weighted by molar-refractivity contribution is 5.80. The molecule has 1 saturated carbocycles. The first-order chi connectivity index (χ1) is 13.7. The van der Waals surface area contributed by atoms with E-state index in [0.29, 0.717) is 18.5 Å². The minimum atomic E-state index is -0.473. The Morgan fingerprint density at radius 2 is 1.86 bits per heavy atom. The van der Waals surface area contributed by atoms with Gasteiger partial charge in [-0.1, -0.05) is 19.0 Å². The molecule has 164 valence electrons. The van der Waals surface area contributed by atoms with Crippen molar-refractivity contribution in [1.29, 1.82) is 0 Å². The standard InChI is InChI=1S/C21H37N5O3/c1-7-22-19(23-13-17-12-18(14(2)3)26-29-17)24-15-8-10-16(11-9-15)25-20(27)28-21(4,5)6/h12,14-16H,7-11,13H2,1-6H3,(H,25,27)(H2,22,23,24). The summed E-state index contributed by atoms with van der Waals surface area (Å²) in [4.78, 5) is 16.6. The Balaban J connectivity index is 1.81. The lowest BCUT2D eigenvalue weighted by Gasteiger charge is -2.31. The largest absolute Gasteiger partial charge is 0.444 e. The number of hydrogen-bond donors (Lipinski definition) is 3. The van der Waals surface area contributed by atoms with E-state index in [1.54, 1.807) is 0 Å². The lowest BCUT2D eigenvalue weighted by molar-refractivity contribution is 0.0490. The molecular weight excluding hydrogens is 370 g/mol. The molecule has 0 aliphatic heterocycles. The van der Waals surface area contributed by atoms with Gasteiger partial charge in [0, 0.05) is 24.7 Å². The molecule has 2 rings (SSSR count). The van der Waals surface area contributed by atoms with Crippen LogP contribution in [0, 0.1) is 0 Å². The summed E-state index contributed by atoms with van der Waals surface area (Å²) in [5, 5.41) is 13.8. The number of amides is 1. The molecule has 1 aliphatic carbocycles. The Morgan fingerprint density at radius 3 is 2.38 bits per heavy atom. The molecule has 0 spiro atoms. The van der Waals surface area contributed by atoms with E-state index in [2.05, 4.69) is 39.9 Å². The summed E-state index contributed by atoms with van der Waals surface area (Å²) in [6.07, 6.45) is 3.42. The van der Waals surface area contributed by atoms with Crippen LogP contribution in [0.2, 0.25) is 0 Å². The van der Waals surface area contributed by atoms with Crippen LogP contribution in [0.4, 0.5) is 4.79 Å². The van der Waals surface area contributed by atoms with Crippen LogP contribution in [0.15, 0.2) is 15.6 Å². The Labute approximate surface area is 174 Å². The molecule has 8 heteroatoms. The maximum absolute atomic E-state index is 11.9. The van der Waals surface area contributed by atoms with Gasteiger partial charge in [-0.05, 0) is 59.3 Å². The minimum Gasteiger partial charge on any atom is -0.444 e. The highest BCUT2D eigenvalue weighted by Crippen LogP contribution is 2.19. The molecule has 1 aliphatic rings. The highest BCUT2D eigenvalue weighted by atomic mass is 16.6. The van der Waals surface area contributed by atoms with Crippen molar-refractivity contribution in [2.75, 3.05) is 6.54 Å². The third-order valence-corrected chi connectivity index (χ3v) is 4.69. The van der Waals surface area contributed by atoms with Gasteiger partial charge in [-0.3, -0.25) is 0 Å². The summed E-state index contributed by atoms with van der Waals surface area (Å²) in [5.41, 5.74) is 0.475. The van der Waals surface area contributed by atoms with Crippen molar-refractivity contribution >= 4 is 12.1 Å². The molecule has 1 aromatic heterocycles. The van der Waals surface area contributed by atoms with E-state index in [4.69, 9.17) is 9.26 Å². The van der Waals surface area contributed by atoms with Gasteiger partial charge in [-0.2, -0.15) is 0 Å². The first-order valence-corrected chi connectivity index (χ1v) is 10.7. The SMILES string of the molecule is CCNC(=NCc1cc(C(C)C)no1)NC1CCC(NC(=O)OC(C)(C)C)CC1. The lowest BCUT2D eigenvalue weighted by Crippen LogP contribution is -2.48. The predicted octanol–water partition coefficient (Wildman–Crippen LogP) is 3.69. The quantitative estimate of drug-likeness (QED) is 0.491. The van der Waals surface area contributed by atoms with Crippen LogP contribution in [-0.4, -0.2) is 41.4 Å². The predicted molar refractivity (Wildman–Crippen MR) is 114 cm³/mol. The van der Waals surface area contributed by atoms with E-state index in [0.717, 1.165) is 49.6 Å². The van der Waals surface area contributed by atoms with Crippen molar-refractivity contribution in [2.24, 2.45) is 4.99 Å². The molecule has 29 heavy (non-hydrogen) atoms. The number of aromatic nitrogens is 1. The van der Waals surface area contributed by atoms with Crippen LogP contribution in [0.5, 0.6) is 0 Å². The Morgan fingerprint density at radius 1 is 1.24 bits per heavy atom. The molecular formula is C21H37N5O3. The normalized spacial score (nSPS) is 20.4. The summed E-state index contributed by atoms with van der Waals surface area (Å²) in [6, 6.07) is 2.45.